The van der Waals surface area contributed by atoms with Gasteiger partial charge >= 0.3 is 0 Å². The average Bonchev–Trinajstić information content (AvgIpc) is 2.85. The molecule has 0 atom stereocenters. The van der Waals surface area contributed by atoms with E-state index in [9.17, 15) is 12.8 Å². The molecular weight excluding hydrogens is 321 g/mol. The van der Waals surface area contributed by atoms with Crippen molar-refractivity contribution in [3.63, 3.8) is 0 Å². The number of nitrogens with zero attached hydrogens (tertiary/aromatic N) is 3. The molecule has 0 aliphatic heterocycles. The maximum Gasteiger partial charge on any atom is 0.241 e. The van der Waals surface area contributed by atoms with Gasteiger partial charge in [-0.1, -0.05) is 5.16 Å². The maximum atomic E-state index is 12.9. The Bertz CT molecular complexity index is 770. The number of halogens is 1. The van der Waals surface area contributed by atoms with Gasteiger partial charge in [0.2, 0.25) is 11.7 Å². The number of sulfone groups is 1. The van der Waals surface area contributed by atoms with Crippen molar-refractivity contribution in [1.82, 2.24) is 15.0 Å². The van der Waals surface area contributed by atoms with Gasteiger partial charge < -0.3 is 4.52 Å². The lowest BCUT2D eigenvalue weighted by atomic mass is 10.2. The van der Waals surface area contributed by atoms with Crippen molar-refractivity contribution < 1.29 is 17.3 Å². The van der Waals surface area contributed by atoms with E-state index in [0.29, 0.717) is 30.4 Å². The zero-order chi connectivity index (χ0) is 17.3. The predicted molar refractivity (Wildman–Crippen MR) is 84.9 cm³/mol. The van der Waals surface area contributed by atoms with Gasteiger partial charge in [0.15, 0.2) is 9.84 Å². The zero-order valence-electron chi connectivity index (χ0n) is 13.6. The smallest absolute Gasteiger partial charge is 0.241 e. The number of rotatable bonds is 6. The summed E-state index contributed by atoms with van der Waals surface area (Å²) in [6.45, 7) is 4.01. The Morgan fingerprint density at radius 3 is 2.43 bits per heavy atom. The molecule has 0 N–H and O–H groups in total. The maximum absolute atomic E-state index is 12.9. The van der Waals surface area contributed by atoms with Crippen LogP contribution in [0.1, 0.15) is 19.7 Å². The van der Waals surface area contributed by atoms with E-state index >= 15 is 0 Å². The van der Waals surface area contributed by atoms with Crippen molar-refractivity contribution in [2.75, 3.05) is 19.8 Å². The summed E-state index contributed by atoms with van der Waals surface area (Å²) in [5.41, 5.74) is 0.653. The van der Waals surface area contributed by atoms with Gasteiger partial charge in [0.1, 0.15) is 5.82 Å². The van der Waals surface area contributed by atoms with Crippen LogP contribution in [0.5, 0.6) is 0 Å². The second-order valence-electron chi connectivity index (χ2n) is 6.22. The molecule has 1 aromatic heterocycles. The summed E-state index contributed by atoms with van der Waals surface area (Å²) in [6, 6.07) is 5.79. The second-order valence-corrected chi connectivity index (χ2v) is 8.87. The zero-order valence-corrected chi connectivity index (χ0v) is 14.4. The normalized spacial score (nSPS) is 12.8. The third-order valence-electron chi connectivity index (χ3n) is 3.63. The van der Waals surface area contributed by atoms with Gasteiger partial charge in [-0.2, -0.15) is 4.98 Å². The molecule has 23 heavy (non-hydrogen) atoms. The van der Waals surface area contributed by atoms with Crippen LogP contribution < -0.4 is 0 Å². The third-order valence-corrected chi connectivity index (χ3v) is 5.77. The van der Waals surface area contributed by atoms with Crippen LogP contribution in [0, 0.1) is 5.82 Å². The molecule has 126 valence electrons. The minimum atomic E-state index is -3.18. The van der Waals surface area contributed by atoms with E-state index in [1.165, 1.54) is 18.4 Å². The van der Waals surface area contributed by atoms with Crippen molar-refractivity contribution in [3.05, 3.63) is 36.0 Å². The molecule has 0 amide bonds. The van der Waals surface area contributed by atoms with E-state index < -0.39 is 14.6 Å². The van der Waals surface area contributed by atoms with Gasteiger partial charge in [-0.05, 0) is 45.2 Å². The highest BCUT2D eigenvalue weighted by molar-refractivity contribution is 7.92. The fourth-order valence-corrected chi connectivity index (χ4v) is 2.54. The second kappa shape index (κ2) is 6.37. The van der Waals surface area contributed by atoms with E-state index in [0.717, 1.165) is 0 Å². The van der Waals surface area contributed by atoms with Crippen molar-refractivity contribution in [2.24, 2.45) is 0 Å². The monoisotopic (exact) mass is 341 g/mol. The summed E-state index contributed by atoms with van der Waals surface area (Å²) in [5, 5.41) is 3.86. The molecule has 0 radical (unpaired) electrons. The largest absolute Gasteiger partial charge is 0.338 e. The van der Waals surface area contributed by atoms with E-state index in [2.05, 4.69) is 10.1 Å². The molecule has 0 bridgehead atoms. The molecule has 0 spiro atoms. The highest BCUT2D eigenvalue weighted by Crippen LogP contribution is 2.19. The molecule has 6 nitrogen and oxygen atoms in total. The Hall–Kier alpha value is -1.80. The lowest BCUT2D eigenvalue weighted by Crippen LogP contribution is -2.42. The van der Waals surface area contributed by atoms with E-state index in [-0.39, 0.29) is 5.82 Å². The van der Waals surface area contributed by atoms with Crippen molar-refractivity contribution in [1.29, 1.82) is 0 Å². The molecule has 0 saturated carbocycles. The van der Waals surface area contributed by atoms with Gasteiger partial charge in [-0.3, -0.25) is 4.90 Å². The minimum Gasteiger partial charge on any atom is -0.338 e. The summed E-state index contributed by atoms with van der Waals surface area (Å²) >= 11 is 0. The van der Waals surface area contributed by atoms with Gasteiger partial charge in [0.05, 0.1) is 11.3 Å². The van der Waals surface area contributed by atoms with E-state index in [1.54, 1.807) is 33.0 Å². The number of benzene rings is 1. The third kappa shape index (κ3) is 4.35. The van der Waals surface area contributed by atoms with Crippen LogP contribution in [0.4, 0.5) is 4.39 Å². The fourth-order valence-electron chi connectivity index (χ4n) is 2.09. The number of aromatic nitrogens is 2. The lowest BCUT2D eigenvalue weighted by molar-refractivity contribution is 0.250. The Balaban J connectivity index is 2.06. The van der Waals surface area contributed by atoms with Crippen LogP contribution in [-0.2, 0) is 16.4 Å². The first-order valence-corrected chi connectivity index (χ1v) is 8.94. The van der Waals surface area contributed by atoms with Crippen molar-refractivity contribution in [3.8, 4) is 11.4 Å². The standard InChI is InChI=1S/C15H20FN3O3S/c1-15(2,23(4,20)21)10-19(3)9-13-17-14(18-22-13)11-5-7-12(16)8-6-11/h5-8H,9-10H2,1-4H3. The van der Waals surface area contributed by atoms with Crippen LogP contribution in [0.25, 0.3) is 11.4 Å². The Kier molecular flexibility index (Phi) is 4.86. The Labute approximate surface area is 135 Å². The van der Waals surface area contributed by atoms with Crippen LogP contribution in [0.2, 0.25) is 0 Å². The molecule has 0 aliphatic carbocycles. The summed E-state index contributed by atoms with van der Waals surface area (Å²) in [5.74, 6) is 0.409. The molecular formula is C15H20FN3O3S. The fraction of sp³-hybridized carbons (Fsp3) is 0.467. The van der Waals surface area contributed by atoms with Crippen LogP contribution in [-0.4, -0.2) is 48.1 Å². The minimum absolute atomic E-state index is 0.327. The van der Waals surface area contributed by atoms with Gasteiger partial charge in [0, 0.05) is 18.4 Å². The van der Waals surface area contributed by atoms with E-state index in [4.69, 9.17) is 4.52 Å². The summed E-state index contributed by atoms with van der Waals surface area (Å²) in [6.07, 6.45) is 1.22. The number of hydrogen-bond donors (Lipinski definition) is 0. The summed E-state index contributed by atoms with van der Waals surface area (Å²) in [7, 11) is -1.39. The van der Waals surface area contributed by atoms with Crippen LogP contribution >= 0.6 is 0 Å². The summed E-state index contributed by atoms with van der Waals surface area (Å²) in [4.78, 5) is 6.06. The molecule has 1 aromatic carbocycles. The Morgan fingerprint density at radius 1 is 1.26 bits per heavy atom. The molecule has 0 aliphatic rings. The van der Waals surface area contributed by atoms with Crippen molar-refractivity contribution in [2.45, 2.75) is 25.1 Å². The molecule has 0 unspecified atom stereocenters. The SMILES string of the molecule is CN(Cc1nc(-c2ccc(F)cc2)no1)CC(C)(C)S(C)(=O)=O. The lowest BCUT2D eigenvalue weighted by Gasteiger charge is -2.27. The highest BCUT2D eigenvalue weighted by atomic mass is 32.2. The van der Waals surface area contributed by atoms with Crippen LogP contribution in [0.3, 0.4) is 0 Å². The Morgan fingerprint density at radius 2 is 1.87 bits per heavy atom. The van der Waals surface area contributed by atoms with Gasteiger partial charge in [-0.15, -0.1) is 0 Å². The number of hydrogen-bond acceptors (Lipinski definition) is 6. The average molecular weight is 341 g/mol. The molecule has 8 heteroatoms. The first-order chi connectivity index (χ1) is 10.6. The summed E-state index contributed by atoms with van der Waals surface area (Å²) < 4.78 is 40.7. The van der Waals surface area contributed by atoms with Crippen LogP contribution in [0.15, 0.2) is 28.8 Å². The highest BCUT2D eigenvalue weighted by Gasteiger charge is 2.31. The van der Waals surface area contributed by atoms with Gasteiger partial charge in [-0.25, -0.2) is 12.8 Å². The first kappa shape index (κ1) is 17.6. The van der Waals surface area contributed by atoms with Gasteiger partial charge in [0.25, 0.3) is 0 Å². The molecule has 2 aromatic rings. The molecule has 0 fully saturated rings. The predicted octanol–water partition coefficient (Wildman–Crippen LogP) is 2.13. The quantitative estimate of drug-likeness (QED) is 0.801. The molecule has 0 saturated heterocycles. The van der Waals surface area contributed by atoms with E-state index in [1.807, 2.05) is 4.90 Å². The molecule has 2 rings (SSSR count). The first-order valence-electron chi connectivity index (χ1n) is 7.05. The molecule has 1 heterocycles. The van der Waals surface area contributed by atoms with Crippen molar-refractivity contribution >= 4 is 9.84 Å². The topological polar surface area (TPSA) is 76.3 Å².